The van der Waals surface area contributed by atoms with Crippen molar-refractivity contribution in [1.82, 2.24) is 9.97 Å². The Bertz CT molecular complexity index is 485. The Kier molecular flexibility index (Phi) is 3.43. The number of halogens is 3. The second kappa shape index (κ2) is 4.63. The smallest absolute Gasteiger partial charge is 0.160 e. The highest BCUT2D eigenvalue weighted by atomic mass is 127. The lowest BCUT2D eigenvalue weighted by Crippen LogP contribution is -1.90. The van der Waals surface area contributed by atoms with Crippen LogP contribution in [-0.2, 0) is 0 Å². The van der Waals surface area contributed by atoms with E-state index >= 15 is 0 Å². The van der Waals surface area contributed by atoms with Gasteiger partial charge < -0.3 is 0 Å². The maximum atomic E-state index is 5.91. The molecule has 0 fully saturated rings. The molecule has 0 bridgehead atoms. The van der Waals surface area contributed by atoms with Gasteiger partial charge in [0.25, 0.3) is 0 Å². The van der Waals surface area contributed by atoms with E-state index in [9.17, 15) is 0 Å². The summed E-state index contributed by atoms with van der Waals surface area (Å²) < 4.78 is 0.840. The zero-order valence-corrected chi connectivity index (χ0v) is 11.1. The van der Waals surface area contributed by atoms with Crippen LogP contribution in [0.5, 0.6) is 0 Å². The summed E-state index contributed by atoms with van der Waals surface area (Å²) in [7, 11) is 0. The van der Waals surface area contributed by atoms with Gasteiger partial charge in [-0.15, -0.1) is 0 Å². The fraction of sp³-hybridized carbons (Fsp3) is 0. The number of hydrogen-bond acceptors (Lipinski definition) is 2. The lowest BCUT2D eigenvalue weighted by molar-refractivity contribution is 1.16. The van der Waals surface area contributed by atoms with Crippen LogP contribution in [0, 0.1) is 3.57 Å². The van der Waals surface area contributed by atoms with Crippen molar-refractivity contribution < 1.29 is 0 Å². The number of nitrogens with zero attached hydrogens (tertiary/aromatic N) is 2. The Morgan fingerprint density at radius 2 is 1.73 bits per heavy atom. The minimum absolute atomic E-state index is 0.468. The lowest BCUT2D eigenvalue weighted by atomic mass is 10.2. The van der Waals surface area contributed by atoms with Gasteiger partial charge in [0.05, 0.1) is 3.57 Å². The zero-order valence-electron chi connectivity index (χ0n) is 7.42. The van der Waals surface area contributed by atoms with Crippen LogP contribution < -0.4 is 0 Å². The van der Waals surface area contributed by atoms with E-state index in [0.717, 1.165) is 9.13 Å². The third-order valence-corrected chi connectivity index (χ3v) is 3.45. The first-order valence-corrected chi connectivity index (χ1v) is 5.94. The quantitative estimate of drug-likeness (QED) is 0.572. The molecule has 76 valence electrons. The van der Waals surface area contributed by atoms with Crippen LogP contribution in [0.4, 0.5) is 0 Å². The van der Waals surface area contributed by atoms with E-state index < -0.39 is 0 Å². The topological polar surface area (TPSA) is 25.8 Å². The van der Waals surface area contributed by atoms with Gasteiger partial charge in [0.1, 0.15) is 5.15 Å². The van der Waals surface area contributed by atoms with Crippen LogP contribution in [0.2, 0.25) is 10.2 Å². The fourth-order valence-electron chi connectivity index (χ4n) is 1.08. The molecule has 1 heterocycles. The molecule has 0 aliphatic rings. The molecular formula is C10H5Cl2IN2. The van der Waals surface area contributed by atoms with Crippen molar-refractivity contribution in [1.29, 1.82) is 0 Å². The van der Waals surface area contributed by atoms with Gasteiger partial charge >= 0.3 is 0 Å². The van der Waals surface area contributed by atoms with E-state index in [-0.39, 0.29) is 0 Å². The largest absolute Gasteiger partial charge is 0.235 e. The monoisotopic (exact) mass is 350 g/mol. The average molecular weight is 351 g/mol. The summed E-state index contributed by atoms with van der Waals surface area (Å²) in [6.07, 6.45) is 1.69. The minimum atomic E-state index is 0.468. The molecule has 0 unspecified atom stereocenters. The van der Waals surface area contributed by atoms with Crippen molar-refractivity contribution in [3.8, 4) is 11.4 Å². The maximum Gasteiger partial charge on any atom is 0.160 e. The van der Waals surface area contributed by atoms with E-state index in [1.807, 2.05) is 12.1 Å². The van der Waals surface area contributed by atoms with E-state index in [1.165, 1.54) is 0 Å². The first kappa shape index (κ1) is 11.1. The Balaban J connectivity index is 2.45. The summed E-state index contributed by atoms with van der Waals surface area (Å²) in [5.41, 5.74) is 0.901. The SMILES string of the molecule is Clc1ccc(-c2ncc(I)c(Cl)n2)cc1. The summed E-state index contributed by atoms with van der Waals surface area (Å²) in [4.78, 5) is 8.37. The summed E-state index contributed by atoms with van der Waals surface area (Å²) in [5, 5.41) is 1.16. The maximum absolute atomic E-state index is 5.91. The molecule has 1 aromatic carbocycles. The van der Waals surface area contributed by atoms with Gasteiger partial charge in [0, 0.05) is 16.8 Å². The van der Waals surface area contributed by atoms with Crippen molar-refractivity contribution in [3.05, 3.63) is 44.2 Å². The molecule has 2 nitrogen and oxygen atoms in total. The highest BCUT2D eigenvalue weighted by Gasteiger charge is 2.04. The molecule has 0 radical (unpaired) electrons. The molecule has 0 aliphatic carbocycles. The summed E-state index contributed by atoms with van der Waals surface area (Å²) >= 11 is 13.8. The third-order valence-electron chi connectivity index (χ3n) is 1.80. The Labute approximate surface area is 111 Å². The van der Waals surface area contributed by atoms with Gasteiger partial charge in [-0.2, -0.15) is 0 Å². The van der Waals surface area contributed by atoms with Gasteiger partial charge in [0.15, 0.2) is 5.82 Å². The fourth-order valence-corrected chi connectivity index (χ4v) is 1.60. The van der Waals surface area contributed by atoms with Crippen molar-refractivity contribution in [2.45, 2.75) is 0 Å². The second-order valence-electron chi connectivity index (χ2n) is 2.84. The average Bonchev–Trinajstić information content (AvgIpc) is 2.23. The molecule has 0 saturated heterocycles. The standard InChI is InChI=1S/C10H5Cl2IN2/c11-7-3-1-6(2-4-7)10-14-5-8(13)9(12)15-10/h1-5H. The molecule has 0 atom stereocenters. The van der Waals surface area contributed by atoms with Gasteiger partial charge in [-0.3, -0.25) is 0 Å². The van der Waals surface area contributed by atoms with E-state index in [4.69, 9.17) is 23.2 Å². The van der Waals surface area contributed by atoms with Gasteiger partial charge in [-0.1, -0.05) is 23.2 Å². The zero-order chi connectivity index (χ0) is 10.8. The first-order valence-electron chi connectivity index (χ1n) is 4.11. The molecule has 0 spiro atoms. The molecular weight excluding hydrogens is 346 g/mol. The summed E-state index contributed by atoms with van der Waals surface area (Å²) in [5.74, 6) is 0.608. The molecule has 15 heavy (non-hydrogen) atoms. The molecule has 1 aromatic heterocycles. The molecule has 5 heteroatoms. The van der Waals surface area contributed by atoms with Crippen LogP contribution in [0.1, 0.15) is 0 Å². The summed E-state index contributed by atoms with van der Waals surface area (Å²) in [6, 6.07) is 7.32. The predicted octanol–water partition coefficient (Wildman–Crippen LogP) is 4.06. The van der Waals surface area contributed by atoms with Crippen LogP contribution >= 0.6 is 45.8 Å². The number of aromatic nitrogens is 2. The second-order valence-corrected chi connectivity index (χ2v) is 4.80. The number of rotatable bonds is 1. The van der Waals surface area contributed by atoms with E-state index in [2.05, 4.69) is 32.6 Å². The molecule has 2 rings (SSSR count). The summed E-state index contributed by atoms with van der Waals surface area (Å²) in [6.45, 7) is 0. The van der Waals surface area contributed by atoms with Gasteiger partial charge in [-0.05, 0) is 46.9 Å². The van der Waals surface area contributed by atoms with Gasteiger partial charge in [0.2, 0.25) is 0 Å². The van der Waals surface area contributed by atoms with Crippen LogP contribution in [0.3, 0.4) is 0 Å². The molecule has 0 amide bonds. The third kappa shape index (κ3) is 2.59. The molecule has 0 N–H and O–H groups in total. The van der Waals surface area contributed by atoms with Crippen LogP contribution in [0.15, 0.2) is 30.5 Å². The Morgan fingerprint density at radius 3 is 2.33 bits per heavy atom. The minimum Gasteiger partial charge on any atom is -0.235 e. The van der Waals surface area contributed by atoms with Crippen molar-refractivity contribution in [3.63, 3.8) is 0 Å². The predicted molar refractivity (Wildman–Crippen MR) is 70.2 cm³/mol. The van der Waals surface area contributed by atoms with E-state index in [1.54, 1.807) is 18.3 Å². The van der Waals surface area contributed by atoms with Crippen molar-refractivity contribution in [2.75, 3.05) is 0 Å². The Morgan fingerprint density at radius 1 is 1.07 bits per heavy atom. The lowest BCUT2D eigenvalue weighted by Gasteiger charge is -2.01. The Hall–Kier alpha value is -0.390. The van der Waals surface area contributed by atoms with Gasteiger partial charge in [-0.25, -0.2) is 9.97 Å². The number of benzene rings is 1. The first-order chi connectivity index (χ1) is 7.16. The highest BCUT2D eigenvalue weighted by molar-refractivity contribution is 14.1. The molecule has 0 saturated carbocycles. The van der Waals surface area contributed by atoms with Crippen molar-refractivity contribution >= 4 is 45.8 Å². The van der Waals surface area contributed by atoms with Crippen LogP contribution in [0.25, 0.3) is 11.4 Å². The van der Waals surface area contributed by atoms with Crippen molar-refractivity contribution in [2.24, 2.45) is 0 Å². The molecule has 0 aliphatic heterocycles. The normalized spacial score (nSPS) is 10.3. The highest BCUT2D eigenvalue weighted by Crippen LogP contribution is 2.21. The van der Waals surface area contributed by atoms with E-state index in [0.29, 0.717) is 16.0 Å². The molecule has 2 aromatic rings. The van der Waals surface area contributed by atoms with Crippen LogP contribution in [-0.4, -0.2) is 9.97 Å². The number of hydrogen-bond donors (Lipinski definition) is 0.